The Morgan fingerprint density at radius 2 is 1.96 bits per heavy atom. The third-order valence-corrected chi connectivity index (χ3v) is 8.02. The number of hydrogen-bond donors (Lipinski definition) is 0. The van der Waals surface area contributed by atoms with Crippen LogP contribution in [0.15, 0.2) is 9.95 Å². The molecule has 1 aliphatic rings. The molecule has 28 heavy (non-hydrogen) atoms. The van der Waals surface area contributed by atoms with E-state index in [-0.39, 0.29) is 16.7 Å². The van der Waals surface area contributed by atoms with Crippen LogP contribution in [0.4, 0.5) is 0 Å². The molecule has 1 fully saturated rings. The lowest BCUT2D eigenvalue weighted by Crippen LogP contribution is -2.44. The van der Waals surface area contributed by atoms with Gasteiger partial charge in [0.2, 0.25) is 5.91 Å². The highest BCUT2D eigenvalue weighted by molar-refractivity contribution is 8.00. The number of carbonyl (C=O) groups excluding carboxylic acids is 1. The van der Waals surface area contributed by atoms with Crippen molar-refractivity contribution in [2.75, 3.05) is 6.54 Å². The standard InChI is InChI=1S/C21H31N3O2S2/c1-6-23(16-11-9-8-10-12-16)19(25)15(5)28-21-22-18-17(13(3)14(4)27-18)20(26)24(21)7-2/h15-16H,6-12H2,1-5H3/t15-/m1/s1. The number of hydrogen-bond acceptors (Lipinski definition) is 5. The molecule has 5 nitrogen and oxygen atoms in total. The Kier molecular flexibility index (Phi) is 6.86. The molecule has 1 amide bonds. The minimum Gasteiger partial charge on any atom is -0.339 e. The molecule has 3 rings (SSSR count). The maximum Gasteiger partial charge on any atom is 0.263 e. The van der Waals surface area contributed by atoms with E-state index in [0.29, 0.717) is 17.7 Å². The minimum absolute atomic E-state index is 0.0103. The fourth-order valence-corrected chi connectivity index (χ4v) is 6.22. The van der Waals surface area contributed by atoms with Gasteiger partial charge in [0.25, 0.3) is 5.56 Å². The molecular weight excluding hydrogens is 390 g/mol. The number of carbonyl (C=O) groups is 1. The van der Waals surface area contributed by atoms with E-state index in [0.717, 1.165) is 40.0 Å². The number of amides is 1. The fraction of sp³-hybridized carbons (Fsp3) is 0.667. The van der Waals surface area contributed by atoms with E-state index in [1.54, 1.807) is 15.9 Å². The summed E-state index contributed by atoms with van der Waals surface area (Å²) < 4.78 is 1.72. The predicted molar refractivity (Wildman–Crippen MR) is 119 cm³/mol. The van der Waals surface area contributed by atoms with Gasteiger partial charge < -0.3 is 4.90 Å². The molecule has 0 saturated heterocycles. The van der Waals surface area contributed by atoms with Crippen LogP contribution >= 0.6 is 23.1 Å². The molecule has 0 spiro atoms. The largest absolute Gasteiger partial charge is 0.339 e. The normalized spacial score (nSPS) is 16.5. The minimum atomic E-state index is -0.258. The summed E-state index contributed by atoms with van der Waals surface area (Å²) >= 11 is 2.98. The second-order valence-corrected chi connectivity index (χ2v) is 10.1. The van der Waals surface area contributed by atoms with Crippen LogP contribution < -0.4 is 5.56 Å². The van der Waals surface area contributed by atoms with Gasteiger partial charge in [-0.2, -0.15) is 0 Å². The van der Waals surface area contributed by atoms with Gasteiger partial charge in [-0.05, 0) is 53.0 Å². The van der Waals surface area contributed by atoms with Gasteiger partial charge in [0, 0.05) is 24.0 Å². The molecule has 1 aliphatic carbocycles. The predicted octanol–water partition coefficient (Wildman–Crippen LogP) is 4.76. The van der Waals surface area contributed by atoms with Gasteiger partial charge in [-0.25, -0.2) is 4.98 Å². The zero-order valence-corrected chi connectivity index (χ0v) is 19.2. The first-order valence-electron chi connectivity index (χ1n) is 10.4. The van der Waals surface area contributed by atoms with Gasteiger partial charge in [0.15, 0.2) is 5.16 Å². The summed E-state index contributed by atoms with van der Waals surface area (Å²) in [6, 6.07) is 0.362. The molecule has 1 atom stereocenters. The molecule has 154 valence electrons. The summed E-state index contributed by atoms with van der Waals surface area (Å²) in [4.78, 5) is 34.9. The van der Waals surface area contributed by atoms with Crippen molar-refractivity contribution < 1.29 is 4.79 Å². The molecule has 0 aliphatic heterocycles. The Balaban J connectivity index is 1.88. The molecule has 1 saturated carbocycles. The monoisotopic (exact) mass is 421 g/mol. The van der Waals surface area contributed by atoms with Crippen LogP contribution in [0.5, 0.6) is 0 Å². The quantitative estimate of drug-likeness (QED) is 0.499. The highest BCUT2D eigenvalue weighted by Gasteiger charge is 2.29. The van der Waals surface area contributed by atoms with Crippen molar-refractivity contribution in [3.8, 4) is 0 Å². The Morgan fingerprint density at radius 3 is 2.57 bits per heavy atom. The second-order valence-electron chi connectivity index (χ2n) is 7.58. The first-order valence-corrected chi connectivity index (χ1v) is 12.1. The van der Waals surface area contributed by atoms with Crippen molar-refractivity contribution in [1.82, 2.24) is 14.5 Å². The van der Waals surface area contributed by atoms with Crippen molar-refractivity contribution in [1.29, 1.82) is 0 Å². The van der Waals surface area contributed by atoms with E-state index in [2.05, 4.69) is 6.92 Å². The molecule has 2 heterocycles. The molecule has 0 bridgehead atoms. The van der Waals surface area contributed by atoms with Crippen LogP contribution in [-0.4, -0.2) is 38.2 Å². The van der Waals surface area contributed by atoms with Gasteiger partial charge in [0.05, 0.1) is 10.6 Å². The number of rotatable bonds is 6. The van der Waals surface area contributed by atoms with Gasteiger partial charge in [-0.15, -0.1) is 11.3 Å². The van der Waals surface area contributed by atoms with Crippen molar-refractivity contribution in [3.05, 3.63) is 20.8 Å². The maximum absolute atomic E-state index is 13.2. The number of thioether (sulfide) groups is 1. The number of aromatic nitrogens is 2. The van der Waals surface area contributed by atoms with Gasteiger partial charge in [-0.3, -0.25) is 14.2 Å². The fourth-order valence-electron chi connectivity index (χ4n) is 4.11. The average Bonchev–Trinajstić information content (AvgIpc) is 2.97. The zero-order valence-electron chi connectivity index (χ0n) is 17.6. The SMILES string of the molecule is CCN(C(=O)[C@@H](C)Sc1nc2sc(C)c(C)c2c(=O)n1CC)C1CCCCC1. The van der Waals surface area contributed by atoms with Gasteiger partial charge >= 0.3 is 0 Å². The van der Waals surface area contributed by atoms with Crippen LogP contribution in [0.3, 0.4) is 0 Å². The molecule has 2 aromatic rings. The summed E-state index contributed by atoms with van der Waals surface area (Å²) in [6.07, 6.45) is 5.91. The van der Waals surface area contributed by atoms with Crippen LogP contribution in [0.25, 0.3) is 10.2 Å². The summed E-state index contributed by atoms with van der Waals surface area (Å²) in [5, 5.41) is 1.12. The second kappa shape index (κ2) is 8.99. The van der Waals surface area contributed by atoms with Gasteiger partial charge in [0.1, 0.15) is 4.83 Å². The summed E-state index contributed by atoms with van der Waals surface area (Å²) in [5.41, 5.74) is 1.03. The van der Waals surface area contributed by atoms with Crippen molar-refractivity contribution in [2.45, 2.75) is 89.7 Å². The third kappa shape index (κ3) is 4.01. The van der Waals surface area contributed by atoms with Crippen LogP contribution in [0.2, 0.25) is 0 Å². The Labute approximate surface area is 175 Å². The molecule has 2 aromatic heterocycles. The van der Waals surface area contributed by atoms with Crippen LogP contribution in [0, 0.1) is 13.8 Å². The molecule has 0 radical (unpaired) electrons. The Bertz CT molecular complexity index is 912. The molecule has 0 aromatic carbocycles. The number of fused-ring (bicyclic) bond motifs is 1. The zero-order chi connectivity index (χ0) is 20.4. The summed E-state index contributed by atoms with van der Waals surface area (Å²) in [6.45, 7) is 11.3. The lowest BCUT2D eigenvalue weighted by Gasteiger charge is -2.35. The van der Waals surface area contributed by atoms with E-state index < -0.39 is 0 Å². The number of aryl methyl sites for hydroxylation is 2. The number of nitrogens with zero attached hydrogens (tertiary/aromatic N) is 3. The lowest BCUT2D eigenvalue weighted by atomic mass is 9.94. The van der Waals surface area contributed by atoms with Crippen LogP contribution in [-0.2, 0) is 11.3 Å². The van der Waals surface area contributed by atoms with E-state index in [1.165, 1.54) is 31.0 Å². The molecule has 0 unspecified atom stereocenters. The molecule has 0 N–H and O–H groups in total. The first kappa shape index (κ1) is 21.4. The Morgan fingerprint density at radius 1 is 1.29 bits per heavy atom. The highest BCUT2D eigenvalue weighted by Crippen LogP contribution is 2.31. The lowest BCUT2D eigenvalue weighted by molar-refractivity contribution is -0.133. The summed E-state index contributed by atoms with van der Waals surface area (Å²) in [7, 11) is 0. The third-order valence-electron chi connectivity index (χ3n) is 5.84. The van der Waals surface area contributed by atoms with E-state index >= 15 is 0 Å². The topological polar surface area (TPSA) is 55.2 Å². The molecule has 7 heteroatoms. The van der Waals surface area contributed by atoms with Crippen molar-refractivity contribution in [3.63, 3.8) is 0 Å². The van der Waals surface area contributed by atoms with E-state index in [1.807, 2.05) is 32.6 Å². The maximum atomic E-state index is 13.2. The highest BCUT2D eigenvalue weighted by atomic mass is 32.2. The van der Waals surface area contributed by atoms with E-state index in [4.69, 9.17) is 4.98 Å². The van der Waals surface area contributed by atoms with Crippen LogP contribution in [0.1, 0.15) is 63.3 Å². The first-order chi connectivity index (χ1) is 13.4. The average molecular weight is 422 g/mol. The van der Waals surface area contributed by atoms with E-state index in [9.17, 15) is 9.59 Å². The smallest absolute Gasteiger partial charge is 0.263 e. The number of thiophene rings is 1. The Hall–Kier alpha value is -1.34. The summed E-state index contributed by atoms with van der Waals surface area (Å²) in [5.74, 6) is 0.162. The van der Waals surface area contributed by atoms with Crippen molar-refractivity contribution in [2.24, 2.45) is 0 Å². The molecular formula is C21H31N3O2S2. The van der Waals surface area contributed by atoms with Gasteiger partial charge in [-0.1, -0.05) is 31.0 Å². The van der Waals surface area contributed by atoms with Crippen molar-refractivity contribution >= 4 is 39.2 Å².